The first-order valence-corrected chi connectivity index (χ1v) is 7.26. The van der Waals surface area contributed by atoms with Gasteiger partial charge in [-0.2, -0.15) is 0 Å². The van der Waals surface area contributed by atoms with Crippen LogP contribution >= 0.6 is 0 Å². The molecule has 0 heterocycles. The van der Waals surface area contributed by atoms with Gasteiger partial charge in [0.25, 0.3) is 0 Å². The molecule has 1 aromatic rings. The fraction of sp³-hybridized carbons (Fsp3) is 0.562. The first-order valence-electron chi connectivity index (χ1n) is 7.26. The lowest BCUT2D eigenvalue weighted by Gasteiger charge is -2.16. The number of nitrogens with one attached hydrogen (secondary N) is 1. The number of rotatable bonds is 6. The Morgan fingerprint density at radius 3 is 2.84 bits per heavy atom. The number of carbonyl (C=O) groups is 1. The molecule has 1 aromatic carbocycles. The van der Waals surface area contributed by atoms with Crippen LogP contribution in [0.2, 0.25) is 0 Å². The maximum atomic E-state index is 11.2. The highest BCUT2D eigenvalue weighted by atomic mass is 16.5. The highest BCUT2D eigenvalue weighted by molar-refractivity contribution is 5.71. The number of ether oxygens (including phenoxy) is 1. The van der Waals surface area contributed by atoms with Crippen LogP contribution in [0.4, 0.5) is 0 Å². The van der Waals surface area contributed by atoms with Crippen molar-refractivity contribution in [1.82, 2.24) is 5.32 Å². The van der Waals surface area contributed by atoms with Crippen molar-refractivity contribution < 1.29 is 9.53 Å². The molecule has 1 aliphatic carbocycles. The molecule has 1 N–H and O–H groups in total. The summed E-state index contributed by atoms with van der Waals surface area (Å²) in [7, 11) is 0. The quantitative estimate of drug-likeness (QED) is 0.630. The van der Waals surface area contributed by atoms with Crippen molar-refractivity contribution in [3.8, 4) is 0 Å². The zero-order chi connectivity index (χ0) is 13.5. The van der Waals surface area contributed by atoms with Crippen molar-refractivity contribution in [2.45, 2.75) is 39.0 Å². The summed E-state index contributed by atoms with van der Waals surface area (Å²) in [4.78, 5) is 11.2. The molecule has 104 valence electrons. The molecule has 0 radical (unpaired) electrons. The number of fused-ring (bicyclic) bond motifs is 1. The maximum Gasteiger partial charge on any atom is 0.319 e. The van der Waals surface area contributed by atoms with E-state index in [2.05, 4.69) is 23.5 Å². The molecule has 0 aliphatic heterocycles. The average Bonchev–Trinajstić information content (AvgIpc) is 2.44. The van der Waals surface area contributed by atoms with Crippen molar-refractivity contribution >= 4 is 5.97 Å². The van der Waals surface area contributed by atoms with Crippen LogP contribution in [-0.4, -0.2) is 25.7 Å². The second kappa shape index (κ2) is 7.29. The molecule has 0 saturated heterocycles. The van der Waals surface area contributed by atoms with Crippen LogP contribution in [-0.2, 0) is 28.8 Å². The summed E-state index contributed by atoms with van der Waals surface area (Å²) in [5.41, 5.74) is 4.40. The molecule has 0 spiro atoms. The van der Waals surface area contributed by atoms with Gasteiger partial charge in [-0.1, -0.05) is 18.2 Å². The molecule has 2 rings (SSSR count). The van der Waals surface area contributed by atoms with Gasteiger partial charge < -0.3 is 10.1 Å². The number of carbonyl (C=O) groups excluding carboxylic acids is 1. The second-order valence-electron chi connectivity index (χ2n) is 5.04. The van der Waals surface area contributed by atoms with Crippen LogP contribution in [0.5, 0.6) is 0 Å². The Balaban J connectivity index is 1.75. The van der Waals surface area contributed by atoms with Crippen molar-refractivity contribution in [1.29, 1.82) is 0 Å². The highest BCUT2D eigenvalue weighted by Crippen LogP contribution is 2.22. The summed E-state index contributed by atoms with van der Waals surface area (Å²) < 4.78 is 4.87. The Morgan fingerprint density at radius 2 is 2.05 bits per heavy atom. The lowest BCUT2D eigenvalue weighted by molar-refractivity contribution is -0.141. The van der Waals surface area contributed by atoms with Gasteiger partial charge in [-0.05, 0) is 62.3 Å². The smallest absolute Gasteiger partial charge is 0.319 e. The van der Waals surface area contributed by atoms with Gasteiger partial charge in [-0.25, -0.2) is 0 Å². The fourth-order valence-electron chi connectivity index (χ4n) is 2.58. The fourth-order valence-corrected chi connectivity index (χ4v) is 2.58. The zero-order valence-corrected chi connectivity index (χ0v) is 11.7. The van der Waals surface area contributed by atoms with Crippen molar-refractivity contribution in [2.24, 2.45) is 0 Å². The van der Waals surface area contributed by atoms with Gasteiger partial charge in [0.2, 0.25) is 0 Å². The summed E-state index contributed by atoms with van der Waals surface area (Å²) in [5.74, 6) is -0.173. The Bertz CT molecular complexity index is 429. The van der Waals surface area contributed by atoms with E-state index in [1.54, 1.807) is 0 Å². The number of benzene rings is 1. The zero-order valence-electron chi connectivity index (χ0n) is 11.7. The third-order valence-electron chi connectivity index (χ3n) is 3.58. The van der Waals surface area contributed by atoms with E-state index in [4.69, 9.17) is 4.74 Å². The van der Waals surface area contributed by atoms with Gasteiger partial charge >= 0.3 is 5.97 Å². The van der Waals surface area contributed by atoms with Gasteiger partial charge in [-0.3, -0.25) is 4.79 Å². The van der Waals surface area contributed by atoms with Gasteiger partial charge in [0.15, 0.2) is 0 Å². The van der Waals surface area contributed by atoms with Gasteiger partial charge in [0.1, 0.15) is 0 Å². The van der Waals surface area contributed by atoms with Crippen LogP contribution in [0.1, 0.15) is 36.5 Å². The predicted octanol–water partition coefficient (Wildman–Crippen LogP) is 2.26. The van der Waals surface area contributed by atoms with Crippen LogP contribution in [0, 0.1) is 0 Å². The normalized spacial score (nSPS) is 13.9. The van der Waals surface area contributed by atoms with Gasteiger partial charge in [0, 0.05) is 0 Å². The van der Waals surface area contributed by atoms with E-state index in [1.165, 1.54) is 42.4 Å². The second-order valence-corrected chi connectivity index (χ2v) is 5.04. The molecule has 19 heavy (non-hydrogen) atoms. The summed E-state index contributed by atoms with van der Waals surface area (Å²) >= 11 is 0. The minimum absolute atomic E-state index is 0.173. The molecule has 0 saturated carbocycles. The van der Waals surface area contributed by atoms with E-state index < -0.39 is 0 Å². The Morgan fingerprint density at radius 1 is 1.26 bits per heavy atom. The minimum atomic E-state index is -0.173. The van der Waals surface area contributed by atoms with E-state index in [0.717, 1.165) is 13.0 Å². The Labute approximate surface area is 115 Å². The van der Waals surface area contributed by atoms with Gasteiger partial charge in [-0.15, -0.1) is 0 Å². The van der Waals surface area contributed by atoms with E-state index >= 15 is 0 Å². The molecule has 0 aromatic heterocycles. The van der Waals surface area contributed by atoms with Crippen molar-refractivity contribution in [3.63, 3.8) is 0 Å². The number of aryl methyl sites for hydroxylation is 2. The lowest BCUT2D eigenvalue weighted by Crippen LogP contribution is -2.26. The molecule has 3 nitrogen and oxygen atoms in total. The lowest BCUT2D eigenvalue weighted by atomic mass is 9.90. The topological polar surface area (TPSA) is 38.3 Å². The largest absolute Gasteiger partial charge is 0.465 e. The van der Waals surface area contributed by atoms with Crippen molar-refractivity contribution in [2.75, 3.05) is 19.7 Å². The van der Waals surface area contributed by atoms with E-state index in [1.807, 2.05) is 6.92 Å². The standard InChI is InChI=1S/C16H23NO2/c1-2-19-16(18)12-17-10-9-13-7-8-14-5-3-4-6-15(14)11-13/h7-8,11,17H,2-6,9-10,12H2,1H3. The molecule has 0 amide bonds. The van der Waals surface area contributed by atoms with Crippen LogP contribution in [0.3, 0.4) is 0 Å². The highest BCUT2D eigenvalue weighted by Gasteiger charge is 2.09. The summed E-state index contributed by atoms with van der Waals surface area (Å²) in [6.07, 6.45) is 6.06. The van der Waals surface area contributed by atoms with Crippen LogP contribution in [0.15, 0.2) is 18.2 Å². The molecular weight excluding hydrogens is 238 g/mol. The molecule has 0 fully saturated rings. The van der Waals surface area contributed by atoms with Crippen molar-refractivity contribution in [3.05, 3.63) is 34.9 Å². The first kappa shape index (κ1) is 14.1. The summed E-state index contributed by atoms with van der Waals surface area (Å²) in [6.45, 7) is 3.40. The summed E-state index contributed by atoms with van der Waals surface area (Å²) in [5, 5.41) is 3.12. The number of hydrogen-bond donors (Lipinski definition) is 1. The van der Waals surface area contributed by atoms with E-state index in [9.17, 15) is 4.79 Å². The van der Waals surface area contributed by atoms with E-state index in [0.29, 0.717) is 13.2 Å². The molecule has 0 unspecified atom stereocenters. The third kappa shape index (κ3) is 4.35. The SMILES string of the molecule is CCOC(=O)CNCCc1ccc2c(c1)CCCC2. The maximum absolute atomic E-state index is 11.2. The molecule has 1 aliphatic rings. The first-order chi connectivity index (χ1) is 9.29. The minimum Gasteiger partial charge on any atom is -0.465 e. The molecule has 0 bridgehead atoms. The van der Waals surface area contributed by atoms with Crippen LogP contribution < -0.4 is 5.32 Å². The molecule has 3 heteroatoms. The Kier molecular flexibility index (Phi) is 5.40. The average molecular weight is 261 g/mol. The molecular formula is C16H23NO2. The summed E-state index contributed by atoms with van der Waals surface area (Å²) in [6, 6.07) is 6.83. The van der Waals surface area contributed by atoms with E-state index in [-0.39, 0.29) is 5.97 Å². The third-order valence-corrected chi connectivity index (χ3v) is 3.58. The monoisotopic (exact) mass is 261 g/mol. The Hall–Kier alpha value is -1.35. The van der Waals surface area contributed by atoms with Gasteiger partial charge in [0.05, 0.1) is 13.2 Å². The number of hydrogen-bond acceptors (Lipinski definition) is 3. The number of esters is 1. The predicted molar refractivity (Wildman–Crippen MR) is 76.3 cm³/mol. The van der Waals surface area contributed by atoms with Crippen LogP contribution in [0.25, 0.3) is 0 Å². The molecule has 0 atom stereocenters.